The Morgan fingerprint density at radius 2 is 1.92 bits per heavy atom. The predicted molar refractivity (Wildman–Crippen MR) is 43.4 cm³/mol. The second kappa shape index (κ2) is 2.10. The number of fused-ring (bicyclic) bond motifs is 1. The maximum Gasteiger partial charge on any atom is 0.262 e. The van der Waals surface area contributed by atoms with Crippen molar-refractivity contribution in [2.75, 3.05) is 0 Å². The SMILES string of the molecule is [C]=C1NS(=O)(=O)c2ccccc21. The van der Waals surface area contributed by atoms with E-state index in [-0.39, 0.29) is 10.6 Å². The van der Waals surface area contributed by atoms with E-state index in [0.717, 1.165) is 0 Å². The smallest absolute Gasteiger partial charge is 0.262 e. The van der Waals surface area contributed by atoms with Gasteiger partial charge in [-0.3, -0.25) is 4.72 Å². The Balaban J connectivity index is 2.83. The lowest BCUT2D eigenvalue weighted by Gasteiger charge is -1.92. The summed E-state index contributed by atoms with van der Waals surface area (Å²) >= 11 is 0. The van der Waals surface area contributed by atoms with Crippen LogP contribution in [0.4, 0.5) is 0 Å². The van der Waals surface area contributed by atoms with Crippen molar-refractivity contribution in [3.05, 3.63) is 36.4 Å². The molecule has 0 fully saturated rings. The standard InChI is InChI=1S/C8H5NO2S/c1-6-7-4-2-3-5-8(7)12(10,11)9-6/h2-5,9H. The van der Waals surface area contributed by atoms with E-state index >= 15 is 0 Å². The number of hydrogen-bond donors (Lipinski definition) is 1. The van der Waals surface area contributed by atoms with E-state index < -0.39 is 10.0 Å². The minimum Gasteiger partial charge on any atom is -0.278 e. The molecule has 1 N–H and O–H groups in total. The monoisotopic (exact) mass is 179 g/mol. The van der Waals surface area contributed by atoms with Gasteiger partial charge in [0.2, 0.25) is 0 Å². The van der Waals surface area contributed by atoms with Gasteiger partial charge in [-0.15, -0.1) is 0 Å². The van der Waals surface area contributed by atoms with Gasteiger partial charge in [-0.25, -0.2) is 8.42 Å². The van der Waals surface area contributed by atoms with Crippen molar-refractivity contribution < 1.29 is 8.42 Å². The van der Waals surface area contributed by atoms with Gasteiger partial charge < -0.3 is 0 Å². The first-order valence-electron chi connectivity index (χ1n) is 3.32. The summed E-state index contributed by atoms with van der Waals surface area (Å²) in [6, 6.07) is 6.43. The second-order valence-corrected chi connectivity index (χ2v) is 4.13. The molecule has 0 aliphatic carbocycles. The number of nitrogens with one attached hydrogen (secondary N) is 1. The summed E-state index contributed by atoms with van der Waals surface area (Å²) in [5.74, 6) is 0. The summed E-state index contributed by atoms with van der Waals surface area (Å²) in [5.41, 5.74) is 0.392. The largest absolute Gasteiger partial charge is 0.278 e. The molecule has 1 aromatic rings. The molecule has 0 amide bonds. The minimum atomic E-state index is -3.43. The molecule has 0 saturated carbocycles. The normalized spacial score (nSPS) is 18.5. The molecule has 3 nitrogen and oxygen atoms in total. The molecule has 0 unspecified atom stereocenters. The van der Waals surface area contributed by atoms with Crippen LogP contribution in [0.1, 0.15) is 5.56 Å². The summed E-state index contributed by atoms with van der Waals surface area (Å²) in [6.45, 7) is 7.30. The highest BCUT2D eigenvalue weighted by Crippen LogP contribution is 2.27. The van der Waals surface area contributed by atoms with Crippen LogP contribution in [-0.2, 0) is 10.0 Å². The van der Waals surface area contributed by atoms with Crippen LogP contribution in [0.2, 0.25) is 0 Å². The summed E-state index contributed by atoms with van der Waals surface area (Å²) in [6.07, 6.45) is 0. The van der Waals surface area contributed by atoms with Crippen LogP contribution in [-0.4, -0.2) is 8.42 Å². The van der Waals surface area contributed by atoms with E-state index in [4.69, 9.17) is 6.58 Å². The fourth-order valence-corrected chi connectivity index (χ4v) is 2.36. The van der Waals surface area contributed by atoms with Gasteiger partial charge in [0, 0.05) is 12.1 Å². The Hall–Kier alpha value is -1.29. The third-order valence-electron chi connectivity index (χ3n) is 1.68. The van der Waals surface area contributed by atoms with Gasteiger partial charge in [0.05, 0.1) is 10.6 Å². The van der Waals surface area contributed by atoms with E-state index in [1.54, 1.807) is 18.2 Å². The average molecular weight is 179 g/mol. The second-order valence-electron chi connectivity index (χ2n) is 2.48. The first-order chi connectivity index (χ1) is 5.61. The lowest BCUT2D eigenvalue weighted by molar-refractivity contribution is 0.594. The van der Waals surface area contributed by atoms with Crippen LogP contribution in [0.3, 0.4) is 0 Å². The summed E-state index contributed by atoms with van der Waals surface area (Å²) < 4.78 is 24.5. The van der Waals surface area contributed by atoms with Crippen LogP contribution in [0.15, 0.2) is 29.2 Å². The van der Waals surface area contributed by atoms with E-state index in [2.05, 4.69) is 4.72 Å². The van der Waals surface area contributed by atoms with Crippen molar-refractivity contribution in [2.24, 2.45) is 0 Å². The third-order valence-corrected chi connectivity index (χ3v) is 3.09. The molecule has 0 atom stereocenters. The topological polar surface area (TPSA) is 46.2 Å². The van der Waals surface area contributed by atoms with Crippen molar-refractivity contribution in [2.45, 2.75) is 4.90 Å². The molecule has 1 aliphatic rings. The molecule has 2 radical (unpaired) electrons. The zero-order valence-electron chi connectivity index (χ0n) is 6.03. The molecule has 0 spiro atoms. The maximum atomic E-state index is 11.2. The minimum absolute atomic E-state index is 0.0504. The first-order valence-corrected chi connectivity index (χ1v) is 4.80. The predicted octanol–water partition coefficient (Wildman–Crippen LogP) is 0.629. The van der Waals surface area contributed by atoms with Crippen molar-refractivity contribution >= 4 is 15.7 Å². The summed E-state index contributed by atoms with van der Waals surface area (Å²) in [4.78, 5) is 0.190. The molecular formula is C8H5NO2S. The van der Waals surface area contributed by atoms with Crippen LogP contribution in [0, 0.1) is 6.58 Å². The lowest BCUT2D eigenvalue weighted by atomic mass is 10.2. The summed E-state index contributed by atoms with van der Waals surface area (Å²) in [7, 11) is -3.43. The Bertz CT molecular complexity index is 448. The van der Waals surface area contributed by atoms with E-state index in [1.807, 2.05) is 0 Å². The van der Waals surface area contributed by atoms with Gasteiger partial charge in [-0.1, -0.05) is 18.2 Å². The molecule has 1 heterocycles. The molecule has 0 aromatic heterocycles. The third kappa shape index (κ3) is 0.848. The van der Waals surface area contributed by atoms with Crippen LogP contribution in [0.5, 0.6) is 0 Å². The molecule has 12 heavy (non-hydrogen) atoms. The summed E-state index contributed by atoms with van der Waals surface area (Å²) in [5, 5.41) is 0. The highest BCUT2D eigenvalue weighted by atomic mass is 32.2. The van der Waals surface area contributed by atoms with Gasteiger partial charge in [-0.2, -0.15) is 0 Å². The molecular weight excluding hydrogens is 174 g/mol. The highest BCUT2D eigenvalue weighted by molar-refractivity contribution is 7.90. The zero-order chi connectivity index (χ0) is 8.77. The van der Waals surface area contributed by atoms with Gasteiger partial charge in [0.25, 0.3) is 10.0 Å². The Kier molecular flexibility index (Phi) is 1.29. The quantitative estimate of drug-likeness (QED) is 0.635. The van der Waals surface area contributed by atoms with Crippen LogP contribution < -0.4 is 4.72 Å². The van der Waals surface area contributed by atoms with Gasteiger partial charge in [0.1, 0.15) is 0 Å². The average Bonchev–Trinajstić information content (AvgIpc) is 2.25. The fraction of sp³-hybridized carbons (Fsp3) is 0. The maximum absolute atomic E-state index is 11.2. The Labute approximate surface area is 70.8 Å². The molecule has 0 bridgehead atoms. The fourth-order valence-electron chi connectivity index (χ4n) is 1.15. The van der Waals surface area contributed by atoms with Gasteiger partial charge >= 0.3 is 0 Å². The van der Waals surface area contributed by atoms with Crippen molar-refractivity contribution in [3.8, 4) is 0 Å². The molecule has 1 aromatic carbocycles. The van der Waals surface area contributed by atoms with Crippen LogP contribution in [0.25, 0.3) is 5.70 Å². The van der Waals surface area contributed by atoms with Gasteiger partial charge in [-0.05, 0) is 6.07 Å². The van der Waals surface area contributed by atoms with Crippen molar-refractivity contribution in [1.82, 2.24) is 4.72 Å². The van der Waals surface area contributed by atoms with E-state index in [0.29, 0.717) is 5.56 Å². The number of sulfonamides is 1. The number of benzene rings is 1. The van der Waals surface area contributed by atoms with Crippen molar-refractivity contribution in [1.29, 1.82) is 0 Å². The zero-order valence-corrected chi connectivity index (χ0v) is 6.85. The first kappa shape index (κ1) is 7.36. The Morgan fingerprint density at radius 1 is 1.25 bits per heavy atom. The van der Waals surface area contributed by atoms with E-state index in [1.165, 1.54) is 6.07 Å². The van der Waals surface area contributed by atoms with Crippen LogP contribution >= 0.6 is 0 Å². The van der Waals surface area contributed by atoms with Gasteiger partial charge in [0.15, 0.2) is 0 Å². The highest BCUT2D eigenvalue weighted by Gasteiger charge is 2.27. The number of rotatable bonds is 0. The molecule has 2 rings (SSSR count). The lowest BCUT2D eigenvalue weighted by Crippen LogP contribution is -2.12. The Morgan fingerprint density at radius 3 is 2.58 bits per heavy atom. The molecule has 60 valence electrons. The molecule has 4 heteroatoms. The molecule has 1 aliphatic heterocycles. The number of hydrogen-bond acceptors (Lipinski definition) is 2. The van der Waals surface area contributed by atoms with E-state index in [9.17, 15) is 8.42 Å². The van der Waals surface area contributed by atoms with Crippen molar-refractivity contribution in [3.63, 3.8) is 0 Å². The molecule has 0 saturated heterocycles.